The fraction of sp³-hybridized carbons (Fsp3) is 0.200. The number of rotatable bonds is 2. The van der Waals surface area contributed by atoms with Crippen LogP contribution >= 0.6 is 15.9 Å². The lowest BCUT2D eigenvalue weighted by Crippen LogP contribution is -2.05. The molecule has 3 N–H and O–H groups in total. The molecule has 0 spiro atoms. The van der Waals surface area contributed by atoms with Gasteiger partial charge in [0.25, 0.3) is 0 Å². The van der Waals surface area contributed by atoms with E-state index >= 15 is 0 Å². The summed E-state index contributed by atoms with van der Waals surface area (Å²) in [5, 5.41) is 10.5. The minimum atomic E-state index is -0.692. The maximum absolute atomic E-state index is 10.5. The Bertz CT molecular complexity index is 529. The molecule has 0 aliphatic carbocycles. The van der Waals surface area contributed by atoms with Crippen molar-refractivity contribution < 1.29 is 5.11 Å². The van der Waals surface area contributed by atoms with Gasteiger partial charge in [0.15, 0.2) is 0 Å². The number of benzene rings is 2. The Hall–Kier alpha value is -1.32. The van der Waals surface area contributed by atoms with Crippen molar-refractivity contribution in [3.8, 4) is 0 Å². The van der Waals surface area contributed by atoms with Gasteiger partial charge in [-0.15, -0.1) is 0 Å². The topological polar surface area (TPSA) is 46.2 Å². The molecule has 0 heterocycles. The highest BCUT2D eigenvalue weighted by molar-refractivity contribution is 9.10. The number of halogens is 1. The average molecular weight is 306 g/mol. The van der Waals surface area contributed by atoms with Crippen LogP contribution in [-0.4, -0.2) is 5.11 Å². The number of aryl methyl sites for hydroxylation is 2. The highest BCUT2D eigenvalue weighted by Gasteiger charge is 2.16. The second kappa shape index (κ2) is 5.12. The Morgan fingerprint density at radius 1 is 1.06 bits per heavy atom. The summed E-state index contributed by atoms with van der Waals surface area (Å²) < 4.78 is 0.913. The van der Waals surface area contributed by atoms with Gasteiger partial charge in [-0.25, -0.2) is 0 Å². The molecule has 0 aliphatic heterocycles. The van der Waals surface area contributed by atoms with Crippen molar-refractivity contribution in [1.29, 1.82) is 0 Å². The van der Waals surface area contributed by atoms with Crippen molar-refractivity contribution in [2.45, 2.75) is 20.0 Å². The van der Waals surface area contributed by atoms with Crippen LogP contribution in [0, 0.1) is 13.8 Å². The highest BCUT2D eigenvalue weighted by Crippen LogP contribution is 2.31. The molecule has 18 heavy (non-hydrogen) atoms. The number of hydrogen-bond acceptors (Lipinski definition) is 2. The van der Waals surface area contributed by atoms with E-state index < -0.39 is 6.10 Å². The van der Waals surface area contributed by atoms with Gasteiger partial charge in [-0.05, 0) is 43.2 Å². The molecule has 94 valence electrons. The lowest BCUT2D eigenvalue weighted by molar-refractivity contribution is 0.220. The predicted molar refractivity (Wildman–Crippen MR) is 78.5 cm³/mol. The summed E-state index contributed by atoms with van der Waals surface area (Å²) in [5.41, 5.74) is 10.4. The maximum atomic E-state index is 10.5. The first-order valence-corrected chi connectivity index (χ1v) is 6.58. The van der Waals surface area contributed by atoms with Crippen LogP contribution in [0.25, 0.3) is 0 Å². The Morgan fingerprint density at radius 2 is 1.78 bits per heavy atom. The molecule has 0 aliphatic rings. The van der Waals surface area contributed by atoms with Gasteiger partial charge in [-0.1, -0.05) is 39.7 Å². The number of aliphatic hydroxyl groups is 1. The van der Waals surface area contributed by atoms with Crippen molar-refractivity contribution in [3.05, 3.63) is 63.1 Å². The molecule has 0 saturated carbocycles. The van der Waals surface area contributed by atoms with Crippen LogP contribution in [0.3, 0.4) is 0 Å². The van der Waals surface area contributed by atoms with Gasteiger partial charge < -0.3 is 10.8 Å². The molecule has 3 heteroatoms. The standard InChI is InChI=1S/C15H16BrNO/c1-9-3-4-10(2)12(7-9)15(18)13-8-11(16)5-6-14(13)17/h3-8,15,18H,17H2,1-2H3. The van der Waals surface area contributed by atoms with Gasteiger partial charge in [-0.2, -0.15) is 0 Å². The quantitative estimate of drug-likeness (QED) is 0.831. The van der Waals surface area contributed by atoms with Gasteiger partial charge in [-0.3, -0.25) is 0 Å². The molecular formula is C15H16BrNO. The maximum Gasteiger partial charge on any atom is 0.106 e. The van der Waals surface area contributed by atoms with E-state index in [0.29, 0.717) is 5.69 Å². The van der Waals surface area contributed by atoms with Gasteiger partial charge in [0, 0.05) is 15.7 Å². The first kappa shape index (κ1) is 13.1. The number of anilines is 1. The first-order chi connectivity index (χ1) is 8.49. The molecule has 2 rings (SSSR count). The molecule has 0 aromatic heterocycles. The largest absolute Gasteiger partial charge is 0.398 e. The van der Waals surface area contributed by atoms with Crippen LogP contribution in [0.1, 0.15) is 28.4 Å². The number of aliphatic hydroxyl groups excluding tert-OH is 1. The van der Waals surface area contributed by atoms with Crippen LogP contribution in [0.5, 0.6) is 0 Å². The van der Waals surface area contributed by atoms with E-state index in [9.17, 15) is 5.11 Å². The fourth-order valence-electron chi connectivity index (χ4n) is 2.00. The second-order valence-corrected chi connectivity index (χ2v) is 5.45. The number of hydrogen-bond donors (Lipinski definition) is 2. The zero-order chi connectivity index (χ0) is 13.3. The Balaban J connectivity index is 2.50. The summed E-state index contributed by atoms with van der Waals surface area (Å²) in [4.78, 5) is 0. The molecule has 1 atom stereocenters. The van der Waals surface area contributed by atoms with Crippen LogP contribution in [0.4, 0.5) is 5.69 Å². The van der Waals surface area contributed by atoms with Gasteiger partial charge in [0.1, 0.15) is 6.10 Å². The second-order valence-electron chi connectivity index (χ2n) is 4.54. The van der Waals surface area contributed by atoms with Gasteiger partial charge >= 0.3 is 0 Å². The summed E-state index contributed by atoms with van der Waals surface area (Å²) >= 11 is 3.40. The van der Waals surface area contributed by atoms with Crippen molar-refractivity contribution in [2.24, 2.45) is 0 Å². The molecule has 2 aromatic rings. The predicted octanol–water partition coefficient (Wildman–Crippen LogP) is 3.73. The summed E-state index contributed by atoms with van der Waals surface area (Å²) in [6.45, 7) is 4.01. The lowest BCUT2D eigenvalue weighted by Gasteiger charge is -2.17. The highest BCUT2D eigenvalue weighted by atomic mass is 79.9. The fourth-order valence-corrected chi connectivity index (χ4v) is 2.38. The third-order valence-electron chi connectivity index (χ3n) is 3.07. The van der Waals surface area contributed by atoms with E-state index in [1.165, 1.54) is 0 Å². The van der Waals surface area contributed by atoms with Crippen LogP contribution in [-0.2, 0) is 0 Å². The Morgan fingerprint density at radius 3 is 2.50 bits per heavy atom. The van der Waals surface area contributed by atoms with Crippen molar-refractivity contribution in [1.82, 2.24) is 0 Å². The normalized spacial score (nSPS) is 12.4. The minimum Gasteiger partial charge on any atom is -0.398 e. The van der Waals surface area contributed by atoms with Crippen LogP contribution in [0.2, 0.25) is 0 Å². The van der Waals surface area contributed by atoms with E-state index in [1.807, 2.05) is 44.2 Å². The van der Waals surface area contributed by atoms with Crippen LogP contribution < -0.4 is 5.73 Å². The van der Waals surface area contributed by atoms with Crippen molar-refractivity contribution in [2.75, 3.05) is 5.73 Å². The van der Waals surface area contributed by atoms with E-state index in [2.05, 4.69) is 15.9 Å². The monoisotopic (exact) mass is 305 g/mol. The van der Waals surface area contributed by atoms with Crippen molar-refractivity contribution >= 4 is 21.6 Å². The van der Waals surface area contributed by atoms with Gasteiger partial charge in [0.05, 0.1) is 0 Å². The molecule has 0 saturated heterocycles. The molecule has 1 unspecified atom stereocenters. The number of nitrogens with two attached hydrogens (primary N) is 1. The molecule has 0 bridgehead atoms. The zero-order valence-corrected chi connectivity index (χ0v) is 12.0. The third-order valence-corrected chi connectivity index (χ3v) is 3.57. The van der Waals surface area contributed by atoms with Gasteiger partial charge in [0.2, 0.25) is 0 Å². The summed E-state index contributed by atoms with van der Waals surface area (Å²) in [7, 11) is 0. The Labute approximate surface area is 116 Å². The smallest absolute Gasteiger partial charge is 0.106 e. The minimum absolute atomic E-state index is 0.603. The van der Waals surface area contributed by atoms with E-state index in [-0.39, 0.29) is 0 Å². The first-order valence-electron chi connectivity index (χ1n) is 5.79. The summed E-state index contributed by atoms with van der Waals surface area (Å²) in [6, 6.07) is 11.6. The molecule has 2 nitrogen and oxygen atoms in total. The third kappa shape index (κ3) is 2.57. The molecule has 0 radical (unpaired) electrons. The molecule has 0 amide bonds. The van der Waals surface area contributed by atoms with E-state index in [0.717, 1.165) is 26.7 Å². The molecular weight excluding hydrogens is 290 g/mol. The lowest BCUT2D eigenvalue weighted by atomic mass is 9.95. The Kier molecular flexibility index (Phi) is 3.73. The summed E-state index contributed by atoms with van der Waals surface area (Å²) in [5.74, 6) is 0. The van der Waals surface area contributed by atoms with E-state index in [4.69, 9.17) is 5.73 Å². The van der Waals surface area contributed by atoms with Crippen molar-refractivity contribution in [3.63, 3.8) is 0 Å². The summed E-state index contributed by atoms with van der Waals surface area (Å²) in [6.07, 6.45) is -0.692. The van der Waals surface area contributed by atoms with Crippen LogP contribution in [0.15, 0.2) is 40.9 Å². The molecule has 0 fully saturated rings. The van der Waals surface area contributed by atoms with E-state index in [1.54, 1.807) is 6.07 Å². The molecule has 2 aromatic carbocycles. The zero-order valence-electron chi connectivity index (χ0n) is 10.4. The number of nitrogen functional groups attached to an aromatic ring is 1. The average Bonchev–Trinajstić information content (AvgIpc) is 2.34. The SMILES string of the molecule is Cc1ccc(C)c(C(O)c2cc(Br)ccc2N)c1.